The summed E-state index contributed by atoms with van der Waals surface area (Å²) in [5.74, 6) is -0.765. The number of ketones is 1. The molecule has 2 aromatic carbocycles. The second-order valence-electron chi connectivity index (χ2n) is 3.92. The molecule has 0 aliphatic heterocycles. The molecule has 0 heterocycles. The first kappa shape index (κ1) is 14.5. The summed E-state index contributed by atoms with van der Waals surface area (Å²) in [5.41, 5.74) is 0.539. The Morgan fingerprint density at radius 1 is 1.16 bits per heavy atom. The van der Waals surface area contributed by atoms with E-state index < -0.39 is 5.82 Å². The molecule has 1 nitrogen and oxygen atoms in total. The van der Waals surface area contributed by atoms with Gasteiger partial charge in [0.25, 0.3) is 0 Å². The summed E-state index contributed by atoms with van der Waals surface area (Å²) in [7, 11) is 0. The lowest BCUT2D eigenvalue weighted by Gasteiger charge is -2.07. The molecule has 5 heteroatoms. The number of Topliss-reactive ketones (excluding diaryl/α,β-unsaturated/α-hetero) is 1. The number of halogens is 4. The van der Waals surface area contributed by atoms with E-state index in [1.54, 1.807) is 24.3 Å². The predicted octanol–water partition coefficient (Wildman–Crippen LogP) is 5.32. The number of carbonyl (C=O) groups excluding carboxylic acids is 1. The van der Waals surface area contributed by atoms with Crippen molar-refractivity contribution in [2.75, 3.05) is 0 Å². The molecule has 0 spiro atoms. The molecular formula is C14H8BrCl2FO. The highest BCUT2D eigenvalue weighted by atomic mass is 79.9. The minimum atomic E-state index is -0.492. The molecule has 2 aromatic rings. The Morgan fingerprint density at radius 3 is 2.53 bits per heavy atom. The summed E-state index contributed by atoms with van der Waals surface area (Å²) < 4.78 is 14.4. The van der Waals surface area contributed by atoms with Gasteiger partial charge in [0.2, 0.25) is 0 Å². The van der Waals surface area contributed by atoms with E-state index in [0.29, 0.717) is 10.6 Å². The zero-order chi connectivity index (χ0) is 14.0. The van der Waals surface area contributed by atoms with Crippen LogP contribution in [-0.2, 0) is 6.42 Å². The van der Waals surface area contributed by atoms with Gasteiger partial charge in [0.1, 0.15) is 5.82 Å². The summed E-state index contributed by atoms with van der Waals surface area (Å²) in [6.45, 7) is 0. The van der Waals surface area contributed by atoms with Crippen molar-refractivity contribution in [2.45, 2.75) is 6.42 Å². The summed E-state index contributed by atoms with van der Waals surface area (Å²) in [5, 5.41) is 0.563. The summed E-state index contributed by atoms with van der Waals surface area (Å²) in [4.78, 5) is 12.1. The average molecular weight is 362 g/mol. The third kappa shape index (κ3) is 3.35. The monoisotopic (exact) mass is 360 g/mol. The molecule has 0 fully saturated rings. The van der Waals surface area contributed by atoms with Gasteiger partial charge in [0.15, 0.2) is 5.78 Å². The zero-order valence-electron chi connectivity index (χ0n) is 9.59. The Labute approximate surface area is 128 Å². The number of rotatable bonds is 3. The van der Waals surface area contributed by atoms with Gasteiger partial charge in [-0.05, 0) is 30.3 Å². The van der Waals surface area contributed by atoms with Gasteiger partial charge >= 0.3 is 0 Å². The van der Waals surface area contributed by atoms with E-state index in [1.807, 2.05) is 0 Å². The van der Waals surface area contributed by atoms with Gasteiger partial charge in [-0.3, -0.25) is 4.79 Å². The molecule has 2 rings (SSSR count). The Morgan fingerprint density at radius 2 is 1.89 bits per heavy atom. The fourth-order valence-corrected chi connectivity index (χ4v) is 2.68. The first-order chi connectivity index (χ1) is 8.99. The summed E-state index contributed by atoms with van der Waals surface area (Å²) >= 11 is 15.1. The molecule has 0 bridgehead atoms. The minimum Gasteiger partial charge on any atom is -0.294 e. The third-order valence-electron chi connectivity index (χ3n) is 2.63. The molecule has 0 radical (unpaired) electrons. The van der Waals surface area contributed by atoms with Gasteiger partial charge in [-0.25, -0.2) is 4.39 Å². The van der Waals surface area contributed by atoms with Crippen LogP contribution in [0.5, 0.6) is 0 Å². The van der Waals surface area contributed by atoms with Crippen molar-refractivity contribution in [1.29, 1.82) is 0 Å². The Balaban J connectivity index is 2.31. The maximum Gasteiger partial charge on any atom is 0.168 e. The van der Waals surface area contributed by atoms with Gasteiger partial charge in [-0.15, -0.1) is 0 Å². The quantitative estimate of drug-likeness (QED) is 0.676. The molecule has 0 aliphatic carbocycles. The standard InChI is InChI=1S/C14H8BrCl2FO/c15-8-4-5-9(12(17)6-8)14(19)7-10-11(16)2-1-3-13(10)18/h1-6H,7H2. The molecule has 0 saturated heterocycles. The van der Waals surface area contributed by atoms with Crippen molar-refractivity contribution >= 4 is 44.9 Å². The van der Waals surface area contributed by atoms with Crippen LogP contribution < -0.4 is 0 Å². The normalized spacial score (nSPS) is 10.5. The summed E-state index contributed by atoms with van der Waals surface area (Å²) in [6, 6.07) is 9.26. The number of benzene rings is 2. The molecule has 98 valence electrons. The molecule has 0 saturated carbocycles. The van der Waals surface area contributed by atoms with Gasteiger partial charge in [0.05, 0.1) is 5.02 Å². The van der Waals surface area contributed by atoms with Crippen molar-refractivity contribution in [1.82, 2.24) is 0 Å². The Bertz CT molecular complexity index is 623. The smallest absolute Gasteiger partial charge is 0.168 e. The lowest BCUT2D eigenvalue weighted by atomic mass is 10.0. The van der Waals surface area contributed by atoms with Crippen LogP contribution in [-0.4, -0.2) is 5.78 Å². The highest BCUT2D eigenvalue weighted by Gasteiger charge is 2.15. The van der Waals surface area contributed by atoms with E-state index in [0.717, 1.165) is 4.47 Å². The van der Waals surface area contributed by atoms with Gasteiger partial charge in [-0.2, -0.15) is 0 Å². The van der Waals surface area contributed by atoms with Crippen LogP contribution in [0, 0.1) is 5.82 Å². The maximum atomic E-state index is 13.6. The highest BCUT2D eigenvalue weighted by molar-refractivity contribution is 9.10. The number of hydrogen-bond acceptors (Lipinski definition) is 1. The van der Waals surface area contributed by atoms with E-state index in [1.165, 1.54) is 12.1 Å². The molecule has 0 amide bonds. The fourth-order valence-electron chi connectivity index (χ4n) is 1.67. The van der Waals surface area contributed by atoms with E-state index in [-0.39, 0.29) is 22.8 Å². The van der Waals surface area contributed by atoms with Crippen LogP contribution in [0.1, 0.15) is 15.9 Å². The largest absolute Gasteiger partial charge is 0.294 e. The fraction of sp³-hybridized carbons (Fsp3) is 0.0714. The maximum absolute atomic E-state index is 13.6. The number of carbonyl (C=O) groups is 1. The molecule has 0 atom stereocenters. The average Bonchev–Trinajstić information content (AvgIpc) is 2.33. The SMILES string of the molecule is O=C(Cc1c(F)cccc1Cl)c1ccc(Br)cc1Cl. The molecule has 0 unspecified atom stereocenters. The van der Waals surface area contributed by atoms with Crippen molar-refractivity contribution in [2.24, 2.45) is 0 Å². The van der Waals surface area contributed by atoms with Crippen LogP contribution in [0.2, 0.25) is 10.0 Å². The van der Waals surface area contributed by atoms with E-state index >= 15 is 0 Å². The molecule has 0 aromatic heterocycles. The zero-order valence-corrected chi connectivity index (χ0v) is 12.7. The molecule has 19 heavy (non-hydrogen) atoms. The van der Waals surface area contributed by atoms with Gasteiger partial charge in [0, 0.05) is 27.0 Å². The highest BCUT2D eigenvalue weighted by Crippen LogP contribution is 2.25. The second kappa shape index (κ2) is 6.04. The first-order valence-corrected chi connectivity index (χ1v) is 6.95. The predicted molar refractivity (Wildman–Crippen MR) is 78.6 cm³/mol. The van der Waals surface area contributed by atoms with E-state index in [9.17, 15) is 9.18 Å². The molecular weight excluding hydrogens is 354 g/mol. The van der Waals surface area contributed by atoms with Gasteiger partial charge in [-0.1, -0.05) is 45.2 Å². The van der Waals surface area contributed by atoms with Crippen molar-refractivity contribution in [3.05, 3.63) is 67.9 Å². The van der Waals surface area contributed by atoms with Crippen LogP contribution in [0.3, 0.4) is 0 Å². The second-order valence-corrected chi connectivity index (χ2v) is 5.65. The Hall–Kier alpha value is -0.900. The van der Waals surface area contributed by atoms with Crippen LogP contribution >= 0.6 is 39.1 Å². The topological polar surface area (TPSA) is 17.1 Å². The van der Waals surface area contributed by atoms with Crippen molar-refractivity contribution in [3.63, 3.8) is 0 Å². The van der Waals surface area contributed by atoms with E-state index in [2.05, 4.69) is 15.9 Å². The molecule has 0 aliphatic rings. The lowest BCUT2D eigenvalue weighted by molar-refractivity contribution is 0.0992. The van der Waals surface area contributed by atoms with Gasteiger partial charge < -0.3 is 0 Å². The van der Waals surface area contributed by atoms with Crippen LogP contribution in [0.4, 0.5) is 4.39 Å². The Kier molecular flexibility index (Phi) is 4.61. The number of hydrogen-bond donors (Lipinski definition) is 0. The van der Waals surface area contributed by atoms with E-state index in [4.69, 9.17) is 23.2 Å². The molecule has 0 N–H and O–H groups in total. The van der Waals surface area contributed by atoms with Crippen LogP contribution in [0.25, 0.3) is 0 Å². The minimum absolute atomic E-state index is 0.118. The van der Waals surface area contributed by atoms with Crippen LogP contribution in [0.15, 0.2) is 40.9 Å². The first-order valence-electron chi connectivity index (χ1n) is 5.40. The van der Waals surface area contributed by atoms with Crippen molar-refractivity contribution in [3.8, 4) is 0 Å². The lowest BCUT2D eigenvalue weighted by Crippen LogP contribution is -2.06. The third-order valence-corrected chi connectivity index (χ3v) is 3.79. The summed E-state index contributed by atoms with van der Waals surface area (Å²) in [6.07, 6.45) is -0.118. The van der Waals surface area contributed by atoms with Crippen molar-refractivity contribution < 1.29 is 9.18 Å².